The molecule has 1 heterocycles. The molecule has 1 aromatic heterocycles. The van der Waals surface area contributed by atoms with Crippen LogP contribution in [0.25, 0.3) is 16.9 Å². The lowest BCUT2D eigenvalue weighted by Crippen LogP contribution is -2.45. The van der Waals surface area contributed by atoms with Crippen molar-refractivity contribution in [2.24, 2.45) is 0 Å². The fraction of sp³-hybridized carbons (Fsp3) is 0.375. The maximum atomic E-state index is 14.0. The number of rotatable bonds is 6. The van der Waals surface area contributed by atoms with E-state index in [0.717, 1.165) is 36.9 Å². The van der Waals surface area contributed by atoms with Crippen LogP contribution in [0.1, 0.15) is 46.0 Å². The van der Waals surface area contributed by atoms with E-state index in [1.807, 2.05) is 74.5 Å². The monoisotopic (exact) mass is 423 g/mol. The van der Waals surface area contributed by atoms with Crippen LogP contribution >= 0.6 is 0 Å². The van der Waals surface area contributed by atoms with Crippen molar-refractivity contribution in [2.75, 3.05) is 0 Å². The minimum Gasteiger partial charge on any atom is -0.239 e. The van der Waals surface area contributed by atoms with Gasteiger partial charge < -0.3 is 0 Å². The van der Waals surface area contributed by atoms with Crippen molar-refractivity contribution in [1.29, 1.82) is 0 Å². The Kier molecular flexibility index (Phi) is 6.06. The highest BCUT2D eigenvalue weighted by atomic mass is 32.2. The van der Waals surface area contributed by atoms with Crippen LogP contribution in [-0.4, -0.2) is 34.6 Å². The molecule has 30 heavy (non-hydrogen) atoms. The summed E-state index contributed by atoms with van der Waals surface area (Å²) in [7, 11) is -3.72. The average Bonchev–Trinajstić information content (AvgIpc) is 3.22. The minimum atomic E-state index is -3.72. The first kappa shape index (κ1) is 20.8. The van der Waals surface area contributed by atoms with Gasteiger partial charge in [-0.1, -0.05) is 67.8 Å². The van der Waals surface area contributed by atoms with Crippen LogP contribution in [-0.2, 0) is 10.0 Å². The lowest BCUT2D eigenvalue weighted by Gasteiger charge is -2.36. The van der Waals surface area contributed by atoms with Crippen LogP contribution in [0.4, 0.5) is 0 Å². The number of sulfonamides is 1. The molecule has 4 rings (SSSR count). The third kappa shape index (κ3) is 4.07. The van der Waals surface area contributed by atoms with E-state index < -0.39 is 10.0 Å². The first-order valence-corrected chi connectivity index (χ1v) is 12.2. The standard InChI is InChI=1S/C24H29N3O2S/c1-19(2)27(22-16-10-5-11-17-22)30(28,29)23-18-26(21-14-8-4-9-15-21)25-24(23)20-12-6-3-7-13-20/h3-4,6-9,12-15,18-19,22H,5,10-11,16-17H2,1-2H3. The van der Waals surface area contributed by atoms with Crippen molar-refractivity contribution in [1.82, 2.24) is 14.1 Å². The van der Waals surface area contributed by atoms with Gasteiger partial charge in [-0.15, -0.1) is 0 Å². The van der Waals surface area contributed by atoms with Gasteiger partial charge in [-0.05, 0) is 38.8 Å². The van der Waals surface area contributed by atoms with E-state index in [1.165, 1.54) is 6.42 Å². The van der Waals surface area contributed by atoms with Crippen LogP contribution in [0.3, 0.4) is 0 Å². The van der Waals surface area contributed by atoms with E-state index >= 15 is 0 Å². The summed E-state index contributed by atoms with van der Waals surface area (Å²) < 4.78 is 31.4. The van der Waals surface area contributed by atoms with Gasteiger partial charge in [0, 0.05) is 17.6 Å². The van der Waals surface area contributed by atoms with E-state index in [2.05, 4.69) is 0 Å². The van der Waals surface area contributed by atoms with Crippen LogP contribution in [0, 0.1) is 0 Å². The van der Waals surface area contributed by atoms with Gasteiger partial charge in [0.1, 0.15) is 10.6 Å². The summed E-state index contributed by atoms with van der Waals surface area (Å²) in [6.07, 6.45) is 6.86. The number of aromatic nitrogens is 2. The summed E-state index contributed by atoms with van der Waals surface area (Å²) in [5.74, 6) is 0. The van der Waals surface area contributed by atoms with E-state index in [-0.39, 0.29) is 17.0 Å². The quantitative estimate of drug-likeness (QED) is 0.543. The van der Waals surface area contributed by atoms with Gasteiger partial charge in [-0.3, -0.25) is 0 Å². The maximum absolute atomic E-state index is 14.0. The van der Waals surface area contributed by atoms with Gasteiger partial charge in [-0.2, -0.15) is 9.40 Å². The summed E-state index contributed by atoms with van der Waals surface area (Å²) in [4.78, 5) is 0.275. The van der Waals surface area contributed by atoms with Crippen molar-refractivity contribution in [3.63, 3.8) is 0 Å². The Labute approximate surface area is 179 Å². The lowest BCUT2D eigenvalue weighted by atomic mass is 9.95. The number of hydrogen-bond donors (Lipinski definition) is 0. The van der Waals surface area contributed by atoms with Crippen LogP contribution in [0.15, 0.2) is 71.8 Å². The second-order valence-corrected chi connectivity index (χ2v) is 10.0. The second-order valence-electron chi connectivity index (χ2n) is 8.21. The molecule has 0 spiro atoms. The SMILES string of the molecule is CC(C)N(C1CCCCC1)S(=O)(=O)c1cn(-c2ccccc2)nc1-c1ccccc1. The smallest absolute Gasteiger partial charge is 0.239 e. The average molecular weight is 424 g/mol. The Bertz CT molecular complexity index is 1070. The largest absolute Gasteiger partial charge is 0.247 e. The molecule has 0 N–H and O–H groups in total. The predicted molar refractivity (Wildman–Crippen MR) is 120 cm³/mol. The second kappa shape index (κ2) is 8.74. The molecule has 158 valence electrons. The maximum Gasteiger partial charge on any atom is 0.247 e. The Balaban J connectivity index is 1.86. The highest BCUT2D eigenvalue weighted by Crippen LogP contribution is 2.34. The molecule has 2 aromatic carbocycles. The summed E-state index contributed by atoms with van der Waals surface area (Å²) in [6, 6.07) is 19.2. The Morgan fingerprint density at radius 1 is 0.933 bits per heavy atom. The molecule has 0 aliphatic heterocycles. The Hall–Kier alpha value is -2.44. The van der Waals surface area contributed by atoms with Gasteiger partial charge in [0.2, 0.25) is 10.0 Å². The number of para-hydroxylation sites is 1. The molecule has 6 heteroatoms. The van der Waals surface area contributed by atoms with Crippen molar-refractivity contribution < 1.29 is 8.42 Å². The molecule has 0 radical (unpaired) electrons. The zero-order chi connectivity index (χ0) is 21.1. The lowest BCUT2D eigenvalue weighted by molar-refractivity contribution is 0.220. The van der Waals surface area contributed by atoms with Crippen molar-refractivity contribution in [2.45, 2.75) is 62.9 Å². The molecule has 1 saturated carbocycles. The Morgan fingerprint density at radius 2 is 1.53 bits per heavy atom. The number of benzene rings is 2. The van der Waals surface area contributed by atoms with Crippen LogP contribution in [0.5, 0.6) is 0 Å². The molecule has 1 aliphatic carbocycles. The van der Waals surface area contributed by atoms with Crippen LogP contribution < -0.4 is 0 Å². The van der Waals surface area contributed by atoms with E-state index in [9.17, 15) is 8.42 Å². The summed E-state index contributed by atoms with van der Waals surface area (Å²) in [5, 5.41) is 4.71. The summed E-state index contributed by atoms with van der Waals surface area (Å²) in [5.41, 5.74) is 2.14. The van der Waals surface area contributed by atoms with Crippen LogP contribution in [0.2, 0.25) is 0 Å². The minimum absolute atomic E-state index is 0.0486. The normalized spacial score (nSPS) is 15.7. The van der Waals surface area contributed by atoms with Crippen molar-refractivity contribution in [3.05, 3.63) is 66.9 Å². The zero-order valence-electron chi connectivity index (χ0n) is 17.6. The van der Waals surface area contributed by atoms with Gasteiger partial charge >= 0.3 is 0 Å². The van der Waals surface area contributed by atoms with Crippen molar-refractivity contribution >= 4 is 10.0 Å². The highest BCUT2D eigenvalue weighted by Gasteiger charge is 2.37. The van der Waals surface area contributed by atoms with Crippen molar-refractivity contribution in [3.8, 4) is 16.9 Å². The highest BCUT2D eigenvalue weighted by molar-refractivity contribution is 7.89. The molecular formula is C24H29N3O2S. The molecule has 1 aliphatic rings. The first-order valence-electron chi connectivity index (χ1n) is 10.7. The number of hydrogen-bond acceptors (Lipinski definition) is 3. The first-order chi connectivity index (χ1) is 14.5. The molecule has 0 amide bonds. The van der Waals surface area contributed by atoms with Gasteiger partial charge in [-0.25, -0.2) is 13.1 Å². The van der Waals surface area contributed by atoms with E-state index in [0.29, 0.717) is 5.69 Å². The molecule has 0 saturated heterocycles. The van der Waals surface area contributed by atoms with E-state index in [1.54, 1.807) is 15.2 Å². The predicted octanol–water partition coefficient (Wildman–Crippen LogP) is 5.27. The molecule has 0 unspecified atom stereocenters. The third-order valence-corrected chi connectivity index (χ3v) is 7.88. The van der Waals surface area contributed by atoms with Gasteiger partial charge in [0.05, 0.1) is 11.9 Å². The van der Waals surface area contributed by atoms with Gasteiger partial charge in [0.25, 0.3) is 0 Å². The topological polar surface area (TPSA) is 55.2 Å². The Morgan fingerprint density at radius 3 is 2.13 bits per heavy atom. The number of nitrogens with zero attached hydrogens (tertiary/aromatic N) is 3. The molecule has 1 fully saturated rings. The molecule has 0 bridgehead atoms. The summed E-state index contributed by atoms with van der Waals surface area (Å²) in [6.45, 7) is 3.94. The molecular weight excluding hydrogens is 394 g/mol. The zero-order valence-corrected chi connectivity index (χ0v) is 18.4. The molecule has 0 atom stereocenters. The molecule has 3 aromatic rings. The molecule has 5 nitrogen and oxygen atoms in total. The van der Waals surface area contributed by atoms with Gasteiger partial charge in [0.15, 0.2) is 0 Å². The third-order valence-electron chi connectivity index (χ3n) is 5.75. The fourth-order valence-electron chi connectivity index (χ4n) is 4.40. The fourth-order valence-corrected chi connectivity index (χ4v) is 6.42. The summed E-state index contributed by atoms with van der Waals surface area (Å²) >= 11 is 0. The van der Waals surface area contributed by atoms with E-state index in [4.69, 9.17) is 5.10 Å².